The van der Waals surface area contributed by atoms with Crippen molar-refractivity contribution in [2.24, 2.45) is 5.92 Å². The molecule has 0 bridgehead atoms. The fourth-order valence-corrected chi connectivity index (χ4v) is 1.96. The summed E-state index contributed by atoms with van der Waals surface area (Å²) in [5.41, 5.74) is -0.650. The summed E-state index contributed by atoms with van der Waals surface area (Å²) in [4.78, 5) is 23.5. The summed E-state index contributed by atoms with van der Waals surface area (Å²) in [6.07, 6.45) is 1.09. The Labute approximate surface area is 125 Å². The van der Waals surface area contributed by atoms with Crippen LogP contribution in [-0.4, -0.2) is 55.1 Å². The summed E-state index contributed by atoms with van der Waals surface area (Å²) in [6.45, 7) is 6.65. The topological polar surface area (TPSA) is 96.9 Å². The normalized spacial score (nSPS) is 17.9. The van der Waals surface area contributed by atoms with Gasteiger partial charge in [0.25, 0.3) is 0 Å². The van der Waals surface area contributed by atoms with Gasteiger partial charge in [-0.1, -0.05) is 0 Å². The number of alkyl carbamates (subject to hydrolysis) is 1. The van der Waals surface area contributed by atoms with Crippen LogP contribution in [0.25, 0.3) is 0 Å². The molecule has 0 spiro atoms. The summed E-state index contributed by atoms with van der Waals surface area (Å²) in [7, 11) is 0. The lowest BCUT2D eigenvalue weighted by molar-refractivity contribution is -0.124. The largest absolute Gasteiger partial charge is 0.444 e. The van der Waals surface area contributed by atoms with E-state index in [0.29, 0.717) is 25.7 Å². The number of rotatable bonds is 5. The molecule has 1 unspecified atom stereocenters. The zero-order chi connectivity index (χ0) is 15.9. The lowest BCUT2D eigenvalue weighted by Crippen LogP contribution is -2.51. The molecule has 3 N–H and O–H groups in total. The van der Waals surface area contributed by atoms with Gasteiger partial charge in [0.1, 0.15) is 11.6 Å². The highest BCUT2D eigenvalue weighted by molar-refractivity contribution is 5.85. The second kappa shape index (κ2) is 8.19. The Bertz CT molecular complexity index is 348. The van der Waals surface area contributed by atoms with Gasteiger partial charge in [0.2, 0.25) is 5.91 Å². The molecule has 7 heteroatoms. The maximum Gasteiger partial charge on any atom is 0.408 e. The average molecular weight is 302 g/mol. The number of hydrogen-bond donors (Lipinski definition) is 3. The molecule has 0 aromatic carbocycles. The van der Waals surface area contributed by atoms with Gasteiger partial charge in [-0.2, -0.15) is 0 Å². The lowest BCUT2D eigenvalue weighted by Gasteiger charge is -2.24. The maximum absolute atomic E-state index is 11.9. The van der Waals surface area contributed by atoms with E-state index in [1.807, 2.05) is 0 Å². The monoisotopic (exact) mass is 302 g/mol. The van der Waals surface area contributed by atoms with Crippen LogP contribution in [0.3, 0.4) is 0 Å². The Balaban J connectivity index is 2.36. The van der Waals surface area contributed by atoms with Crippen molar-refractivity contribution in [1.82, 2.24) is 10.6 Å². The first kappa shape index (κ1) is 17.7. The highest BCUT2D eigenvalue weighted by Crippen LogP contribution is 2.13. The molecule has 2 amide bonds. The molecule has 1 atom stereocenters. The minimum Gasteiger partial charge on any atom is -0.444 e. The first-order valence-electron chi connectivity index (χ1n) is 7.27. The molecule has 122 valence electrons. The van der Waals surface area contributed by atoms with E-state index >= 15 is 0 Å². The third-order valence-corrected chi connectivity index (χ3v) is 3.10. The SMILES string of the molecule is CC(C)(C)OC(=O)NC(CO)C(=O)NCC1CCOCC1. The third kappa shape index (κ3) is 7.29. The number of amides is 2. The molecular weight excluding hydrogens is 276 g/mol. The molecule has 0 aliphatic carbocycles. The van der Waals surface area contributed by atoms with Crippen LogP contribution in [0.5, 0.6) is 0 Å². The Morgan fingerprint density at radius 1 is 1.33 bits per heavy atom. The molecule has 0 radical (unpaired) electrons. The van der Waals surface area contributed by atoms with E-state index in [1.54, 1.807) is 20.8 Å². The molecule has 21 heavy (non-hydrogen) atoms. The van der Waals surface area contributed by atoms with E-state index in [1.165, 1.54) is 0 Å². The fraction of sp³-hybridized carbons (Fsp3) is 0.857. The van der Waals surface area contributed by atoms with Gasteiger partial charge in [-0.05, 0) is 39.5 Å². The van der Waals surface area contributed by atoms with Crippen molar-refractivity contribution < 1.29 is 24.2 Å². The van der Waals surface area contributed by atoms with Crippen molar-refractivity contribution >= 4 is 12.0 Å². The fourth-order valence-electron chi connectivity index (χ4n) is 1.96. The molecule has 1 aliphatic heterocycles. The van der Waals surface area contributed by atoms with Crippen LogP contribution < -0.4 is 10.6 Å². The summed E-state index contributed by atoms with van der Waals surface area (Å²) in [6, 6.07) is -1.00. The zero-order valence-electron chi connectivity index (χ0n) is 13.0. The van der Waals surface area contributed by atoms with Crippen LogP contribution in [0.2, 0.25) is 0 Å². The quantitative estimate of drug-likeness (QED) is 0.683. The number of ether oxygens (including phenoxy) is 2. The van der Waals surface area contributed by atoms with E-state index in [4.69, 9.17) is 9.47 Å². The Kier molecular flexibility index (Phi) is 6.91. The van der Waals surface area contributed by atoms with Crippen LogP contribution in [0.1, 0.15) is 33.6 Å². The predicted molar refractivity (Wildman–Crippen MR) is 76.8 cm³/mol. The number of hydrogen-bond acceptors (Lipinski definition) is 5. The molecule has 0 aromatic rings. The van der Waals surface area contributed by atoms with Gasteiger partial charge in [0.05, 0.1) is 6.61 Å². The van der Waals surface area contributed by atoms with E-state index in [9.17, 15) is 14.7 Å². The highest BCUT2D eigenvalue weighted by atomic mass is 16.6. The van der Waals surface area contributed by atoms with Crippen LogP contribution in [0, 0.1) is 5.92 Å². The lowest BCUT2D eigenvalue weighted by atomic mass is 10.0. The predicted octanol–water partition coefficient (Wildman–Crippen LogP) is 0.415. The van der Waals surface area contributed by atoms with E-state index in [-0.39, 0.29) is 0 Å². The minimum absolute atomic E-state index is 0.378. The molecule has 1 saturated heterocycles. The highest BCUT2D eigenvalue weighted by Gasteiger charge is 2.24. The third-order valence-electron chi connectivity index (χ3n) is 3.10. The van der Waals surface area contributed by atoms with Gasteiger partial charge in [-0.25, -0.2) is 4.79 Å². The second-order valence-corrected chi connectivity index (χ2v) is 6.18. The molecule has 1 rings (SSSR count). The van der Waals surface area contributed by atoms with Gasteiger partial charge in [0.15, 0.2) is 0 Å². The number of carbonyl (C=O) groups excluding carboxylic acids is 2. The molecule has 7 nitrogen and oxygen atoms in total. The first-order valence-corrected chi connectivity index (χ1v) is 7.27. The van der Waals surface area contributed by atoms with Gasteiger partial charge < -0.3 is 25.2 Å². The van der Waals surface area contributed by atoms with Crippen molar-refractivity contribution in [3.63, 3.8) is 0 Å². The summed E-state index contributed by atoms with van der Waals surface area (Å²) >= 11 is 0. The van der Waals surface area contributed by atoms with Crippen LogP contribution >= 0.6 is 0 Å². The molecule has 1 aliphatic rings. The van der Waals surface area contributed by atoms with Gasteiger partial charge in [0, 0.05) is 19.8 Å². The van der Waals surface area contributed by atoms with E-state index in [2.05, 4.69) is 10.6 Å². The van der Waals surface area contributed by atoms with Gasteiger partial charge in [-0.3, -0.25) is 4.79 Å². The van der Waals surface area contributed by atoms with Crippen molar-refractivity contribution in [2.75, 3.05) is 26.4 Å². The smallest absolute Gasteiger partial charge is 0.408 e. The molecule has 0 saturated carbocycles. The molecule has 0 aromatic heterocycles. The van der Waals surface area contributed by atoms with E-state index in [0.717, 1.165) is 12.8 Å². The summed E-state index contributed by atoms with van der Waals surface area (Å²) < 4.78 is 10.3. The standard InChI is InChI=1S/C14H26N2O5/c1-14(2,3)21-13(19)16-11(9-17)12(18)15-8-10-4-6-20-7-5-10/h10-11,17H,4-9H2,1-3H3,(H,15,18)(H,16,19). The second-order valence-electron chi connectivity index (χ2n) is 6.18. The average Bonchev–Trinajstić information content (AvgIpc) is 2.41. The Morgan fingerprint density at radius 2 is 1.95 bits per heavy atom. The van der Waals surface area contributed by atoms with Gasteiger partial charge >= 0.3 is 6.09 Å². The number of nitrogens with one attached hydrogen (secondary N) is 2. The van der Waals surface area contributed by atoms with Crippen LogP contribution in [0.4, 0.5) is 4.79 Å². The van der Waals surface area contributed by atoms with Crippen molar-refractivity contribution in [3.05, 3.63) is 0 Å². The molecule has 1 heterocycles. The summed E-state index contributed by atoms with van der Waals surface area (Å²) in [5, 5.41) is 14.3. The first-order chi connectivity index (χ1) is 9.81. The van der Waals surface area contributed by atoms with Gasteiger partial charge in [-0.15, -0.1) is 0 Å². The van der Waals surface area contributed by atoms with Crippen LogP contribution in [-0.2, 0) is 14.3 Å². The van der Waals surface area contributed by atoms with Crippen molar-refractivity contribution in [3.8, 4) is 0 Å². The van der Waals surface area contributed by atoms with E-state index < -0.39 is 30.3 Å². The molecular formula is C14H26N2O5. The minimum atomic E-state index is -1.00. The summed E-state index contributed by atoms with van der Waals surface area (Å²) in [5.74, 6) is -0.0292. The maximum atomic E-state index is 11.9. The number of aliphatic hydroxyl groups is 1. The van der Waals surface area contributed by atoms with Crippen molar-refractivity contribution in [1.29, 1.82) is 0 Å². The Morgan fingerprint density at radius 3 is 2.48 bits per heavy atom. The zero-order valence-corrected chi connectivity index (χ0v) is 13.0. The van der Waals surface area contributed by atoms with Crippen LogP contribution in [0.15, 0.2) is 0 Å². The number of aliphatic hydroxyl groups excluding tert-OH is 1. The Hall–Kier alpha value is -1.34. The molecule has 1 fully saturated rings. The van der Waals surface area contributed by atoms with Crippen molar-refractivity contribution in [2.45, 2.75) is 45.3 Å². The number of carbonyl (C=O) groups is 2.